The predicted molar refractivity (Wildman–Crippen MR) is 113 cm³/mol. The average molecular weight is 396 g/mol. The van der Waals surface area contributed by atoms with Crippen molar-refractivity contribution >= 4 is 17.6 Å². The van der Waals surface area contributed by atoms with Crippen molar-refractivity contribution < 1.29 is 14.3 Å². The molecule has 3 rings (SSSR count). The van der Waals surface area contributed by atoms with Gasteiger partial charge in [-0.15, -0.1) is 0 Å². The lowest BCUT2D eigenvalue weighted by Gasteiger charge is -2.23. The summed E-state index contributed by atoms with van der Waals surface area (Å²) in [4.78, 5) is 28.1. The quantitative estimate of drug-likeness (QED) is 0.755. The highest BCUT2D eigenvalue weighted by Gasteiger charge is 2.31. The molecule has 7 nitrogen and oxygen atoms in total. The van der Waals surface area contributed by atoms with Crippen molar-refractivity contribution in [3.8, 4) is 5.75 Å². The number of benzene rings is 2. The lowest BCUT2D eigenvalue weighted by atomic mass is 10.1. The molecule has 0 spiro atoms. The van der Waals surface area contributed by atoms with E-state index in [2.05, 4.69) is 15.5 Å². The number of amides is 3. The first kappa shape index (κ1) is 20.7. The van der Waals surface area contributed by atoms with E-state index in [1.165, 1.54) is 0 Å². The molecule has 7 heteroatoms. The third-order valence-electron chi connectivity index (χ3n) is 5.19. The van der Waals surface area contributed by atoms with Gasteiger partial charge in [-0.05, 0) is 48.9 Å². The Balaban J connectivity index is 1.46. The van der Waals surface area contributed by atoms with Gasteiger partial charge in [0.15, 0.2) is 0 Å². The Hall–Kier alpha value is -3.06. The molecule has 154 valence electrons. The van der Waals surface area contributed by atoms with Crippen LogP contribution in [0.2, 0.25) is 0 Å². The Morgan fingerprint density at radius 2 is 1.79 bits per heavy atom. The second kappa shape index (κ2) is 9.43. The molecule has 3 amide bonds. The Bertz CT molecular complexity index is 836. The first-order valence-corrected chi connectivity index (χ1v) is 9.68. The van der Waals surface area contributed by atoms with Gasteiger partial charge in [-0.3, -0.25) is 9.69 Å². The molecule has 1 atom stereocenters. The maximum atomic E-state index is 12.1. The third kappa shape index (κ3) is 5.48. The van der Waals surface area contributed by atoms with Crippen LogP contribution in [0.5, 0.6) is 5.75 Å². The zero-order valence-electron chi connectivity index (χ0n) is 17.1. The van der Waals surface area contributed by atoms with Crippen molar-refractivity contribution in [3.05, 3.63) is 59.7 Å². The Kier molecular flexibility index (Phi) is 6.72. The van der Waals surface area contributed by atoms with Crippen LogP contribution in [0, 0.1) is 0 Å². The maximum absolute atomic E-state index is 12.1. The average Bonchev–Trinajstić information content (AvgIpc) is 3.07. The standard InChI is InChI=1S/C22H28N4O3/c1-25-13-12-20(21(25)27)26(2)15-17-4-8-18(9-5-17)24-22(28)23-14-16-6-10-19(29-3)11-7-16/h4-11,20H,12-15H2,1-3H3,(H2,23,24,28). The SMILES string of the molecule is COc1ccc(CNC(=O)Nc2ccc(CN(C)C3CCN(C)C3=O)cc2)cc1. The van der Waals surface area contributed by atoms with Crippen LogP contribution >= 0.6 is 0 Å². The highest BCUT2D eigenvalue weighted by molar-refractivity contribution is 5.89. The van der Waals surface area contributed by atoms with E-state index in [9.17, 15) is 9.59 Å². The van der Waals surface area contributed by atoms with Gasteiger partial charge < -0.3 is 20.3 Å². The van der Waals surface area contributed by atoms with Crippen LogP contribution in [0.1, 0.15) is 17.5 Å². The lowest BCUT2D eigenvalue weighted by Crippen LogP contribution is -2.38. The molecular formula is C22H28N4O3. The number of anilines is 1. The fraction of sp³-hybridized carbons (Fsp3) is 0.364. The molecule has 0 bridgehead atoms. The topological polar surface area (TPSA) is 73.9 Å². The fourth-order valence-corrected chi connectivity index (χ4v) is 3.41. The van der Waals surface area contributed by atoms with Crippen LogP contribution in [0.25, 0.3) is 0 Å². The zero-order valence-corrected chi connectivity index (χ0v) is 17.1. The minimum absolute atomic E-state index is 0.0541. The van der Waals surface area contributed by atoms with Gasteiger partial charge >= 0.3 is 6.03 Å². The molecule has 0 radical (unpaired) electrons. The zero-order chi connectivity index (χ0) is 20.8. The number of methoxy groups -OCH3 is 1. The van der Waals surface area contributed by atoms with Crippen LogP contribution in [-0.2, 0) is 17.9 Å². The third-order valence-corrected chi connectivity index (χ3v) is 5.19. The Morgan fingerprint density at radius 3 is 2.38 bits per heavy atom. The van der Waals surface area contributed by atoms with Gasteiger partial charge in [0.05, 0.1) is 13.2 Å². The second-order valence-electron chi connectivity index (χ2n) is 7.33. The van der Waals surface area contributed by atoms with E-state index >= 15 is 0 Å². The Labute approximate surface area is 171 Å². The summed E-state index contributed by atoms with van der Waals surface area (Å²) >= 11 is 0. The van der Waals surface area contributed by atoms with Crippen molar-refractivity contribution in [1.82, 2.24) is 15.1 Å². The molecular weight excluding hydrogens is 368 g/mol. The fourth-order valence-electron chi connectivity index (χ4n) is 3.41. The molecule has 2 N–H and O–H groups in total. The number of hydrogen-bond acceptors (Lipinski definition) is 4. The lowest BCUT2D eigenvalue weighted by molar-refractivity contribution is -0.130. The van der Waals surface area contributed by atoms with E-state index in [-0.39, 0.29) is 18.0 Å². The van der Waals surface area contributed by atoms with Crippen LogP contribution in [0.4, 0.5) is 10.5 Å². The molecule has 1 aliphatic heterocycles. The normalized spacial score (nSPS) is 16.2. The van der Waals surface area contributed by atoms with E-state index in [0.717, 1.165) is 35.5 Å². The summed E-state index contributed by atoms with van der Waals surface area (Å²) in [6.45, 7) is 1.93. The molecule has 1 unspecified atom stereocenters. The first-order valence-electron chi connectivity index (χ1n) is 9.68. The van der Waals surface area contributed by atoms with Gasteiger partial charge in [0, 0.05) is 32.4 Å². The molecule has 0 aromatic heterocycles. The van der Waals surface area contributed by atoms with Crippen molar-refractivity contribution in [2.45, 2.75) is 25.6 Å². The summed E-state index contributed by atoms with van der Waals surface area (Å²) in [5.74, 6) is 0.965. The van der Waals surface area contributed by atoms with Crippen LogP contribution < -0.4 is 15.4 Å². The molecule has 2 aromatic carbocycles. The van der Waals surface area contributed by atoms with Gasteiger partial charge in [-0.1, -0.05) is 24.3 Å². The number of urea groups is 1. The monoisotopic (exact) mass is 396 g/mol. The predicted octanol–water partition coefficient (Wildman–Crippen LogP) is 2.68. The largest absolute Gasteiger partial charge is 0.497 e. The van der Waals surface area contributed by atoms with E-state index in [4.69, 9.17) is 4.74 Å². The number of ether oxygens (including phenoxy) is 1. The Morgan fingerprint density at radius 1 is 1.14 bits per heavy atom. The van der Waals surface area contributed by atoms with Crippen LogP contribution in [0.3, 0.4) is 0 Å². The first-order chi connectivity index (χ1) is 14.0. The van der Waals surface area contributed by atoms with Gasteiger partial charge in [0.2, 0.25) is 5.91 Å². The minimum atomic E-state index is -0.259. The summed E-state index contributed by atoms with van der Waals surface area (Å²) in [5, 5.41) is 5.67. The molecule has 1 heterocycles. The van der Waals surface area contributed by atoms with Gasteiger partial charge in [-0.2, -0.15) is 0 Å². The van der Waals surface area contributed by atoms with E-state index in [0.29, 0.717) is 13.1 Å². The minimum Gasteiger partial charge on any atom is -0.497 e. The van der Waals surface area contributed by atoms with E-state index < -0.39 is 0 Å². The molecule has 1 fully saturated rings. The molecule has 0 saturated carbocycles. The summed E-state index contributed by atoms with van der Waals surface area (Å²) in [5.41, 5.74) is 2.81. The molecule has 0 aliphatic carbocycles. The maximum Gasteiger partial charge on any atom is 0.319 e. The summed E-state index contributed by atoms with van der Waals surface area (Å²) < 4.78 is 5.12. The number of carbonyl (C=O) groups excluding carboxylic acids is 2. The number of rotatable bonds is 7. The number of hydrogen-bond donors (Lipinski definition) is 2. The van der Waals surface area contributed by atoms with Gasteiger partial charge in [0.1, 0.15) is 5.75 Å². The number of likely N-dealkylation sites (tertiary alicyclic amines) is 1. The summed E-state index contributed by atoms with van der Waals surface area (Å²) in [7, 11) is 5.44. The smallest absolute Gasteiger partial charge is 0.319 e. The van der Waals surface area contributed by atoms with Gasteiger partial charge in [0.25, 0.3) is 0 Å². The number of nitrogens with zero attached hydrogens (tertiary/aromatic N) is 2. The van der Waals surface area contributed by atoms with Crippen molar-refractivity contribution in [2.24, 2.45) is 0 Å². The number of carbonyl (C=O) groups is 2. The molecule has 2 aromatic rings. The highest BCUT2D eigenvalue weighted by Crippen LogP contribution is 2.18. The van der Waals surface area contributed by atoms with E-state index in [1.54, 1.807) is 12.0 Å². The second-order valence-corrected chi connectivity index (χ2v) is 7.33. The summed E-state index contributed by atoms with van der Waals surface area (Å²) in [6, 6.07) is 14.9. The highest BCUT2D eigenvalue weighted by atomic mass is 16.5. The molecule has 1 aliphatic rings. The van der Waals surface area contributed by atoms with Crippen molar-refractivity contribution in [3.63, 3.8) is 0 Å². The molecule has 1 saturated heterocycles. The summed E-state index contributed by atoms with van der Waals surface area (Å²) in [6.07, 6.45) is 0.861. The number of nitrogens with one attached hydrogen (secondary N) is 2. The number of likely N-dealkylation sites (N-methyl/N-ethyl adjacent to an activating group) is 2. The van der Waals surface area contributed by atoms with Crippen LogP contribution in [0.15, 0.2) is 48.5 Å². The van der Waals surface area contributed by atoms with E-state index in [1.807, 2.05) is 62.6 Å². The molecule has 29 heavy (non-hydrogen) atoms. The van der Waals surface area contributed by atoms with Gasteiger partial charge in [-0.25, -0.2) is 4.79 Å². The van der Waals surface area contributed by atoms with Crippen molar-refractivity contribution in [2.75, 3.05) is 33.1 Å². The van der Waals surface area contributed by atoms with Crippen molar-refractivity contribution in [1.29, 1.82) is 0 Å². The van der Waals surface area contributed by atoms with Crippen LogP contribution in [-0.4, -0.2) is 55.5 Å².